The molecule has 21 heavy (non-hydrogen) atoms. The van der Waals surface area contributed by atoms with Gasteiger partial charge in [-0.2, -0.15) is 17.5 Å². The summed E-state index contributed by atoms with van der Waals surface area (Å²) in [6, 6.07) is 3.43. The summed E-state index contributed by atoms with van der Waals surface area (Å²) in [4.78, 5) is -0.547. The molecule has 0 spiro atoms. The topological polar surface area (TPSA) is 37.4 Å². The SMILES string of the molecule is O=S(=O)(c1ccc(Br)cc1F)N1CC=C(C(F)(F)F)CC1. The fourth-order valence-corrected chi connectivity index (χ4v) is 3.71. The minimum Gasteiger partial charge on any atom is -0.207 e. The third-order valence-electron chi connectivity index (χ3n) is 3.05. The third-order valence-corrected chi connectivity index (χ3v) is 5.44. The summed E-state index contributed by atoms with van der Waals surface area (Å²) in [7, 11) is -4.15. The maximum absolute atomic E-state index is 13.7. The zero-order chi connectivity index (χ0) is 15.8. The van der Waals surface area contributed by atoms with Crippen LogP contribution in [0.4, 0.5) is 17.6 Å². The monoisotopic (exact) mass is 387 g/mol. The molecule has 0 aliphatic carbocycles. The molecule has 1 aliphatic heterocycles. The molecule has 1 aliphatic rings. The molecule has 0 aromatic heterocycles. The Morgan fingerprint density at radius 2 is 1.90 bits per heavy atom. The molecule has 9 heteroatoms. The van der Waals surface area contributed by atoms with Crippen LogP contribution in [-0.2, 0) is 10.0 Å². The van der Waals surface area contributed by atoms with E-state index in [1.165, 1.54) is 6.07 Å². The summed E-state index contributed by atoms with van der Waals surface area (Å²) in [6.45, 7) is -0.754. The third kappa shape index (κ3) is 3.46. The number of hydrogen-bond acceptors (Lipinski definition) is 2. The molecule has 1 heterocycles. The molecule has 0 fully saturated rings. The maximum atomic E-state index is 13.7. The first kappa shape index (κ1) is 16.4. The lowest BCUT2D eigenvalue weighted by atomic mass is 10.1. The minimum atomic E-state index is -4.46. The summed E-state index contributed by atoms with van der Waals surface area (Å²) in [5.41, 5.74) is -0.759. The van der Waals surface area contributed by atoms with Gasteiger partial charge in [0.15, 0.2) is 0 Å². The highest BCUT2D eigenvalue weighted by molar-refractivity contribution is 9.10. The van der Waals surface area contributed by atoms with Gasteiger partial charge in [-0.3, -0.25) is 0 Å². The van der Waals surface area contributed by atoms with Gasteiger partial charge in [-0.25, -0.2) is 12.8 Å². The molecule has 3 nitrogen and oxygen atoms in total. The molecule has 1 aromatic rings. The van der Waals surface area contributed by atoms with Crippen LogP contribution in [0.15, 0.2) is 39.2 Å². The van der Waals surface area contributed by atoms with Crippen molar-refractivity contribution in [1.29, 1.82) is 0 Å². The van der Waals surface area contributed by atoms with Gasteiger partial charge in [0.25, 0.3) is 0 Å². The zero-order valence-electron chi connectivity index (χ0n) is 10.5. The van der Waals surface area contributed by atoms with Crippen molar-refractivity contribution < 1.29 is 26.0 Å². The first-order chi connectivity index (χ1) is 9.62. The van der Waals surface area contributed by atoms with Gasteiger partial charge in [-0.15, -0.1) is 0 Å². The zero-order valence-corrected chi connectivity index (χ0v) is 12.9. The highest BCUT2D eigenvalue weighted by Gasteiger charge is 2.37. The minimum absolute atomic E-state index is 0.330. The average molecular weight is 388 g/mol. The Balaban J connectivity index is 2.29. The Morgan fingerprint density at radius 3 is 2.38 bits per heavy atom. The molecule has 0 bridgehead atoms. The second-order valence-electron chi connectivity index (χ2n) is 4.41. The van der Waals surface area contributed by atoms with Crippen LogP contribution < -0.4 is 0 Å². The van der Waals surface area contributed by atoms with E-state index in [0.717, 1.165) is 22.5 Å². The first-order valence-electron chi connectivity index (χ1n) is 5.84. The molecular weight excluding hydrogens is 378 g/mol. The van der Waals surface area contributed by atoms with Gasteiger partial charge in [-0.05, 0) is 24.6 Å². The second-order valence-corrected chi connectivity index (χ2v) is 7.24. The normalized spacial score (nSPS) is 17.7. The van der Waals surface area contributed by atoms with E-state index in [4.69, 9.17) is 0 Å². The van der Waals surface area contributed by atoms with Gasteiger partial charge < -0.3 is 0 Å². The summed E-state index contributed by atoms with van der Waals surface area (Å²) in [5, 5.41) is 0. The summed E-state index contributed by atoms with van der Waals surface area (Å²) >= 11 is 3.01. The molecule has 116 valence electrons. The fourth-order valence-electron chi connectivity index (χ4n) is 1.95. The molecule has 2 rings (SSSR count). The van der Waals surface area contributed by atoms with Crippen molar-refractivity contribution in [2.75, 3.05) is 13.1 Å². The number of hydrogen-bond donors (Lipinski definition) is 0. The highest BCUT2D eigenvalue weighted by atomic mass is 79.9. The second kappa shape index (κ2) is 5.69. The molecule has 0 amide bonds. The van der Waals surface area contributed by atoms with Crippen molar-refractivity contribution in [2.45, 2.75) is 17.5 Å². The van der Waals surface area contributed by atoms with Crippen molar-refractivity contribution in [1.82, 2.24) is 4.31 Å². The van der Waals surface area contributed by atoms with Crippen LogP contribution in [-0.4, -0.2) is 32.0 Å². The highest BCUT2D eigenvalue weighted by Crippen LogP contribution is 2.32. The lowest BCUT2D eigenvalue weighted by Gasteiger charge is -2.26. The molecule has 1 aromatic carbocycles. The molecule has 0 saturated heterocycles. The Kier molecular flexibility index (Phi) is 4.46. The Labute approximate surface area is 127 Å². The van der Waals surface area contributed by atoms with Gasteiger partial charge >= 0.3 is 6.18 Å². The number of rotatable bonds is 2. The number of nitrogens with zero attached hydrogens (tertiary/aromatic N) is 1. The van der Waals surface area contributed by atoms with Crippen molar-refractivity contribution >= 4 is 26.0 Å². The van der Waals surface area contributed by atoms with E-state index in [1.54, 1.807) is 0 Å². The van der Waals surface area contributed by atoms with Crippen LogP contribution in [0.25, 0.3) is 0 Å². The predicted molar refractivity (Wildman–Crippen MR) is 71.6 cm³/mol. The smallest absolute Gasteiger partial charge is 0.207 e. The van der Waals surface area contributed by atoms with Crippen molar-refractivity contribution in [3.63, 3.8) is 0 Å². The predicted octanol–water partition coefficient (Wildman–Crippen LogP) is 3.47. The quantitative estimate of drug-likeness (QED) is 0.575. The Morgan fingerprint density at radius 1 is 1.24 bits per heavy atom. The average Bonchev–Trinajstić information content (AvgIpc) is 2.37. The van der Waals surface area contributed by atoms with Gasteiger partial charge in [0.2, 0.25) is 10.0 Å². The van der Waals surface area contributed by atoms with Gasteiger partial charge in [-0.1, -0.05) is 22.0 Å². The number of sulfonamides is 1. The first-order valence-corrected chi connectivity index (χ1v) is 8.07. The van der Waals surface area contributed by atoms with E-state index in [9.17, 15) is 26.0 Å². The maximum Gasteiger partial charge on any atom is 0.412 e. The van der Waals surface area contributed by atoms with E-state index < -0.39 is 45.5 Å². The van der Waals surface area contributed by atoms with Crippen LogP contribution in [0.5, 0.6) is 0 Å². The lowest BCUT2D eigenvalue weighted by Crippen LogP contribution is -2.37. The van der Waals surface area contributed by atoms with Gasteiger partial charge in [0.05, 0.1) is 0 Å². The summed E-state index contributed by atoms with van der Waals surface area (Å²) in [6.07, 6.45) is -4.09. The Hall–Kier alpha value is -0.930. The summed E-state index contributed by atoms with van der Waals surface area (Å²) < 4.78 is 76.9. The lowest BCUT2D eigenvalue weighted by molar-refractivity contribution is -0.0953. The largest absolute Gasteiger partial charge is 0.412 e. The van der Waals surface area contributed by atoms with E-state index in [1.807, 2.05) is 0 Å². The number of alkyl halides is 3. The van der Waals surface area contributed by atoms with Crippen LogP contribution in [0.1, 0.15) is 6.42 Å². The van der Waals surface area contributed by atoms with E-state index in [2.05, 4.69) is 15.9 Å². The van der Waals surface area contributed by atoms with Crippen LogP contribution >= 0.6 is 15.9 Å². The molecular formula is C12H10BrF4NO2S. The molecule has 0 N–H and O–H groups in total. The molecule has 0 saturated carbocycles. The van der Waals surface area contributed by atoms with Crippen molar-refractivity contribution in [3.05, 3.63) is 40.1 Å². The van der Waals surface area contributed by atoms with Crippen molar-refractivity contribution in [2.24, 2.45) is 0 Å². The van der Waals surface area contributed by atoms with Gasteiger partial charge in [0, 0.05) is 23.1 Å². The van der Waals surface area contributed by atoms with Crippen molar-refractivity contribution in [3.8, 4) is 0 Å². The van der Waals surface area contributed by atoms with Crippen LogP contribution in [0.3, 0.4) is 0 Å². The molecule has 0 atom stereocenters. The van der Waals surface area contributed by atoms with E-state index in [0.29, 0.717) is 4.47 Å². The molecule has 0 radical (unpaired) electrons. The van der Waals surface area contributed by atoms with Gasteiger partial charge in [0.1, 0.15) is 10.7 Å². The standard InChI is InChI=1S/C12H10BrF4NO2S/c13-9-1-2-11(10(14)7-9)21(19,20)18-5-3-8(4-6-18)12(15,16)17/h1-3,7H,4-6H2. The Bertz CT molecular complexity index is 685. The summed E-state index contributed by atoms with van der Waals surface area (Å²) in [5.74, 6) is -0.949. The van der Waals surface area contributed by atoms with Crippen LogP contribution in [0, 0.1) is 5.82 Å². The number of benzene rings is 1. The molecule has 0 unspecified atom stereocenters. The van der Waals surface area contributed by atoms with Crippen LogP contribution in [0.2, 0.25) is 0 Å². The van der Waals surface area contributed by atoms with E-state index in [-0.39, 0.29) is 6.54 Å². The fraction of sp³-hybridized carbons (Fsp3) is 0.333. The number of halogens is 5. The van der Waals surface area contributed by atoms with E-state index >= 15 is 0 Å².